The van der Waals surface area contributed by atoms with Crippen LogP contribution in [0.15, 0.2) is 60.0 Å². The predicted octanol–water partition coefficient (Wildman–Crippen LogP) is 3.59. The molecule has 3 aromatic rings. The maximum absolute atomic E-state index is 12.5. The van der Waals surface area contributed by atoms with E-state index in [4.69, 9.17) is 9.72 Å². The van der Waals surface area contributed by atoms with Gasteiger partial charge < -0.3 is 15.0 Å². The van der Waals surface area contributed by atoms with Crippen molar-refractivity contribution in [3.63, 3.8) is 0 Å². The molecule has 6 nitrogen and oxygen atoms in total. The van der Waals surface area contributed by atoms with Gasteiger partial charge in [-0.25, -0.2) is 4.98 Å². The summed E-state index contributed by atoms with van der Waals surface area (Å²) in [7, 11) is 1.60. The quantitative estimate of drug-likeness (QED) is 0.587. The van der Waals surface area contributed by atoms with Crippen molar-refractivity contribution < 1.29 is 14.3 Å². The average Bonchev–Trinajstić information content (AvgIpc) is 3.44. The molecule has 4 rings (SSSR count). The number of thiazole rings is 1. The van der Waals surface area contributed by atoms with Gasteiger partial charge in [0.15, 0.2) is 0 Å². The molecule has 1 N–H and O–H groups in total. The van der Waals surface area contributed by atoms with Crippen LogP contribution in [0.3, 0.4) is 0 Å². The predicted molar refractivity (Wildman–Crippen MR) is 121 cm³/mol. The fourth-order valence-corrected chi connectivity index (χ4v) is 4.45. The summed E-state index contributed by atoms with van der Waals surface area (Å²) in [6.45, 7) is 1.91. The monoisotopic (exact) mass is 435 g/mol. The average molecular weight is 436 g/mol. The molecule has 160 valence electrons. The fraction of sp³-hybridized carbons (Fsp3) is 0.292. The Labute approximate surface area is 185 Å². The smallest absolute Gasteiger partial charge is 0.225 e. The third-order valence-corrected chi connectivity index (χ3v) is 6.28. The lowest BCUT2D eigenvalue weighted by Crippen LogP contribution is -2.33. The number of nitrogens with zero attached hydrogens (tertiary/aromatic N) is 2. The standard InChI is InChI=1S/C24H25N3O3S/c1-30-12-11-27-15-20(13-22(27)28)23(29)25-14-17-7-9-19(10-8-17)24-26-21(16-31-24)18-5-3-2-4-6-18/h2-10,16,20H,11-15H2,1H3,(H,25,29). The van der Waals surface area contributed by atoms with Crippen molar-refractivity contribution >= 4 is 23.2 Å². The molecule has 0 saturated carbocycles. The maximum Gasteiger partial charge on any atom is 0.225 e. The van der Waals surface area contributed by atoms with E-state index in [1.54, 1.807) is 23.3 Å². The molecular formula is C24H25N3O3S. The summed E-state index contributed by atoms with van der Waals surface area (Å²) in [5.74, 6) is -0.361. The second-order valence-electron chi connectivity index (χ2n) is 7.55. The molecule has 2 heterocycles. The van der Waals surface area contributed by atoms with Gasteiger partial charge in [-0.1, -0.05) is 54.6 Å². The number of ether oxygens (including phenoxy) is 1. The molecule has 31 heavy (non-hydrogen) atoms. The van der Waals surface area contributed by atoms with E-state index >= 15 is 0 Å². The number of rotatable bonds is 8. The zero-order valence-electron chi connectivity index (χ0n) is 17.4. The van der Waals surface area contributed by atoms with Gasteiger partial charge in [-0.15, -0.1) is 11.3 Å². The van der Waals surface area contributed by atoms with Gasteiger partial charge in [0.05, 0.1) is 18.2 Å². The minimum atomic E-state index is -0.296. The number of amides is 2. The van der Waals surface area contributed by atoms with Gasteiger partial charge in [0.1, 0.15) is 5.01 Å². The normalized spacial score (nSPS) is 16.0. The maximum atomic E-state index is 12.5. The van der Waals surface area contributed by atoms with Crippen molar-refractivity contribution in [2.45, 2.75) is 13.0 Å². The van der Waals surface area contributed by atoms with Crippen LogP contribution in [0.25, 0.3) is 21.8 Å². The van der Waals surface area contributed by atoms with Crippen LogP contribution in [0, 0.1) is 5.92 Å². The Morgan fingerprint density at radius 3 is 2.68 bits per heavy atom. The Kier molecular flexibility index (Phi) is 6.74. The Balaban J connectivity index is 1.32. The molecule has 2 amide bonds. The summed E-state index contributed by atoms with van der Waals surface area (Å²) in [5, 5.41) is 6.00. The first-order valence-electron chi connectivity index (χ1n) is 10.3. The second kappa shape index (κ2) is 9.85. The van der Waals surface area contributed by atoms with E-state index in [1.165, 1.54) is 0 Å². The van der Waals surface area contributed by atoms with E-state index in [0.717, 1.165) is 27.4 Å². The number of benzene rings is 2. The van der Waals surface area contributed by atoms with Crippen LogP contribution in [-0.4, -0.2) is 48.5 Å². The number of aromatic nitrogens is 1. The van der Waals surface area contributed by atoms with Gasteiger partial charge in [0.25, 0.3) is 0 Å². The lowest BCUT2D eigenvalue weighted by Gasteiger charge is -2.15. The molecule has 1 fully saturated rings. The van der Waals surface area contributed by atoms with Crippen molar-refractivity contribution in [1.82, 2.24) is 15.2 Å². The van der Waals surface area contributed by atoms with Crippen molar-refractivity contribution in [2.75, 3.05) is 26.8 Å². The molecule has 1 aliphatic rings. The summed E-state index contributed by atoms with van der Waals surface area (Å²) in [4.78, 5) is 30.9. The van der Waals surface area contributed by atoms with Gasteiger partial charge in [-0.3, -0.25) is 9.59 Å². The van der Waals surface area contributed by atoms with E-state index in [-0.39, 0.29) is 24.2 Å². The molecule has 1 saturated heterocycles. The van der Waals surface area contributed by atoms with E-state index in [2.05, 4.69) is 22.8 Å². The molecule has 2 aromatic carbocycles. The van der Waals surface area contributed by atoms with Crippen LogP contribution in [0.5, 0.6) is 0 Å². The number of carbonyl (C=O) groups excluding carboxylic acids is 2. The lowest BCUT2D eigenvalue weighted by atomic mass is 10.1. The zero-order chi connectivity index (χ0) is 21.6. The lowest BCUT2D eigenvalue weighted by molar-refractivity contribution is -0.129. The number of methoxy groups -OCH3 is 1. The second-order valence-corrected chi connectivity index (χ2v) is 8.41. The summed E-state index contributed by atoms with van der Waals surface area (Å²) in [5.41, 5.74) is 4.15. The Hall–Kier alpha value is -3.03. The van der Waals surface area contributed by atoms with E-state index in [1.807, 2.05) is 42.5 Å². The largest absolute Gasteiger partial charge is 0.383 e. The molecular weight excluding hydrogens is 410 g/mol. The highest BCUT2D eigenvalue weighted by molar-refractivity contribution is 7.13. The Bertz CT molecular complexity index is 1030. The third kappa shape index (κ3) is 5.18. The van der Waals surface area contributed by atoms with Crippen LogP contribution >= 0.6 is 11.3 Å². The molecule has 0 spiro atoms. The topological polar surface area (TPSA) is 71.5 Å². The first-order chi connectivity index (χ1) is 15.1. The van der Waals surface area contributed by atoms with E-state index in [0.29, 0.717) is 26.2 Å². The van der Waals surface area contributed by atoms with Crippen molar-refractivity contribution in [3.05, 3.63) is 65.5 Å². The van der Waals surface area contributed by atoms with Gasteiger partial charge >= 0.3 is 0 Å². The number of hydrogen-bond acceptors (Lipinski definition) is 5. The summed E-state index contributed by atoms with van der Waals surface area (Å²) in [6, 6.07) is 18.2. The molecule has 1 aromatic heterocycles. The third-order valence-electron chi connectivity index (χ3n) is 5.39. The SMILES string of the molecule is COCCN1CC(C(=O)NCc2ccc(-c3nc(-c4ccccc4)cs3)cc2)CC1=O. The minimum absolute atomic E-state index is 0.0138. The summed E-state index contributed by atoms with van der Waals surface area (Å²) >= 11 is 1.62. The molecule has 0 bridgehead atoms. The highest BCUT2D eigenvalue weighted by Gasteiger charge is 2.33. The summed E-state index contributed by atoms with van der Waals surface area (Å²) in [6.07, 6.45) is 0.266. The Morgan fingerprint density at radius 1 is 1.16 bits per heavy atom. The molecule has 7 heteroatoms. The van der Waals surface area contributed by atoms with Crippen LogP contribution in [-0.2, 0) is 20.9 Å². The highest BCUT2D eigenvalue weighted by atomic mass is 32.1. The first-order valence-corrected chi connectivity index (χ1v) is 11.2. The molecule has 1 unspecified atom stereocenters. The fourth-order valence-electron chi connectivity index (χ4n) is 3.61. The molecule has 0 aliphatic carbocycles. The van der Waals surface area contributed by atoms with Gasteiger partial charge in [-0.2, -0.15) is 0 Å². The molecule has 1 atom stereocenters. The van der Waals surface area contributed by atoms with Crippen LogP contribution in [0.2, 0.25) is 0 Å². The van der Waals surface area contributed by atoms with Crippen LogP contribution in [0.4, 0.5) is 0 Å². The number of nitrogens with one attached hydrogen (secondary N) is 1. The van der Waals surface area contributed by atoms with Crippen LogP contribution in [0.1, 0.15) is 12.0 Å². The number of hydrogen-bond donors (Lipinski definition) is 1. The number of carbonyl (C=O) groups is 2. The molecule has 1 aliphatic heterocycles. The van der Waals surface area contributed by atoms with E-state index < -0.39 is 0 Å². The van der Waals surface area contributed by atoms with Crippen molar-refractivity contribution in [2.24, 2.45) is 5.92 Å². The van der Waals surface area contributed by atoms with Gasteiger partial charge in [0, 0.05) is 49.7 Å². The summed E-state index contributed by atoms with van der Waals surface area (Å²) < 4.78 is 5.02. The van der Waals surface area contributed by atoms with Crippen molar-refractivity contribution in [3.8, 4) is 21.8 Å². The van der Waals surface area contributed by atoms with Gasteiger partial charge in [-0.05, 0) is 5.56 Å². The molecule has 0 radical (unpaired) electrons. The van der Waals surface area contributed by atoms with Gasteiger partial charge in [0.2, 0.25) is 11.8 Å². The highest BCUT2D eigenvalue weighted by Crippen LogP contribution is 2.29. The van der Waals surface area contributed by atoms with Crippen molar-refractivity contribution in [1.29, 1.82) is 0 Å². The first kappa shape index (κ1) is 21.2. The zero-order valence-corrected chi connectivity index (χ0v) is 18.2. The number of likely N-dealkylation sites (tertiary alicyclic amines) is 1. The van der Waals surface area contributed by atoms with E-state index in [9.17, 15) is 9.59 Å². The minimum Gasteiger partial charge on any atom is -0.383 e. The van der Waals surface area contributed by atoms with Crippen LogP contribution < -0.4 is 5.32 Å². The Morgan fingerprint density at radius 2 is 1.94 bits per heavy atom.